The number of imide groups is 1. The number of carbonyl (C=O) groups is 2. The number of hydrogen-bond donors (Lipinski definition) is 0. The van der Waals surface area contributed by atoms with E-state index in [2.05, 4.69) is 0 Å². The molecule has 1 fully saturated rings. The van der Waals surface area contributed by atoms with Crippen LogP contribution in [0, 0.1) is 0 Å². The van der Waals surface area contributed by atoms with Gasteiger partial charge < -0.3 is 0 Å². The van der Waals surface area contributed by atoms with Gasteiger partial charge in [-0.25, -0.2) is 18.9 Å². The lowest BCUT2D eigenvalue weighted by Crippen LogP contribution is -2.32. The molecule has 7 nitrogen and oxygen atoms in total. The molecule has 1 aromatic rings. The number of rotatable bonds is 6. The van der Waals surface area contributed by atoms with Crippen molar-refractivity contribution < 1.29 is 23.2 Å². The highest BCUT2D eigenvalue weighted by Crippen LogP contribution is 2.54. The van der Waals surface area contributed by atoms with Crippen molar-refractivity contribution in [3.05, 3.63) is 28.2 Å². The Labute approximate surface area is 143 Å². The van der Waals surface area contributed by atoms with Crippen molar-refractivity contribution in [2.45, 2.75) is 13.8 Å². The van der Waals surface area contributed by atoms with Gasteiger partial charge in [-0.15, -0.1) is 0 Å². The molecule has 10 heteroatoms. The molecule has 126 valence electrons. The highest BCUT2D eigenvalue weighted by atomic mass is 35.5. The smallest absolute Gasteiger partial charge is 0.292 e. The van der Waals surface area contributed by atoms with Gasteiger partial charge in [-0.1, -0.05) is 23.2 Å². The van der Waals surface area contributed by atoms with Crippen LogP contribution in [-0.4, -0.2) is 36.4 Å². The zero-order valence-electron chi connectivity index (χ0n) is 12.5. The van der Waals surface area contributed by atoms with Crippen LogP contribution in [0.15, 0.2) is 18.2 Å². The Balaban J connectivity index is 2.37. The third kappa shape index (κ3) is 3.70. The van der Waals surface area contributed by atoms with Gasteiger partial charge in [0.25, 0.3) is 5.91 Å². The van der Waals surface area contributed by atoms with E-state index in [1.165, 1.54) is 18.2 Å². The molecule has 1 aromatic carbocycles. The minimum absolute atomic E-state index is 0.0677. The minimum atomic E-state index is -3.89. The molecule has 0 unspecified atom stereocenters. The topological polar surface area (TPSA) is 76.2 Å². The van der Waals surface area contributed by atoms with Crippen molar-refractivity contribution >= 4 is 48.6 Å². The quantitative estimate of drug-likeness (QED) is 0.551. The Hall–Kier alpha value is -1.11. The summed E-state index contributed by atoms with van der Waals surface area (Å²) in [6.07, 6.45) is 0. The van der Waals surface area contributed by atoms with Gasteiger partial charge in [-0.05, 0) is 32.0 Å². The first-order chi connectivity index (χ1) is 10.8. The lowest BCUT2D eigenvalue weighted by atomic mass is 10.3. The van der Waals surface area contributed by atoms with Crippen molar-refractivity contribution in [3.63, 3.8) is 0 Å². The molecule has 0 N–H and O–H groups in total. The Kier molecular flexibility index (Phi) is 5.70. The third-order valence-corrected chi connectivity index (χ3v) is 5.44. The van der Waals surface area contributed by atoms with Gasteiger partial charge in [0, 0.05) is 10.0 Å². The maximum atomic E-state index is 12.7. The largest absolute Gasteiger partial charge is 0.439 e. The highest BCUT2D eigenvalue weighted by molar-refractivity contribution is 7.52. The monoisotopic (exact) mass is 380 g/mol. The molecule has 0 radical (unpaired) electrons. The maximum Gasteiger partial charge on any atom is 0.439 e. The van der Waals surface area contributed by atoms with Crippen LogP contribution in [0.3, 0.4) is 0 Å². The number of urea groups is 1. The molecule has 0 bridgehead atoms. The van der Waals surface area contributed by atoms with E-state index in [0.717, 1.165) is 9.57 Å². The lowest BCUT2D eigenvalue weighted by molar-refractivity contribution is -0.116. The number of halogens is 2. The fraction of sp³-hybridized carbons (Fsp3) is 0.385. The summed E-state index contributed by atoms with van der Waals surface area (Å²) >= 11 is 11.8. The first kappa shape index (κ1) is 18.2. The predicted octanol–water partition coefficient (Wildman–Crippen LogP) is 3.94. The summed E-state index contributed by atoms with van der Waals surface area (Å²) in [4.78, 5) is 25.6. The van der Waals surface area contributed by atoms with Crippen molar-refractivity contribution in [1.29, 1.82) is 0 Å². The first-order valence-electron chi connectivity index (χ1n) is 6.82. The van der Waals surface area contributed by atoms with Gasteiger partial charge in [-0.2, -0.15) is 0 Å². The van der Waals surface area contributed by atoms with Crippen molar-refractivity contribution in [2.75, 3.05) is 24.7 Å². The predicted molar refractivity (Wildman–Crippen MR) is 86.9 cm³/mol. The van der Waals surface area contributed by atoms with Crippen LogP contribution in [0.25, 0.3) is 0 Å². The molecule has 1 saturated heterocycles. The number of benzene rings is 1. The molecule has 1 aliphatic rings. The van der Waals surface area contributed by atoms with E-state index >= 15 is 0 Å². The van der Waals surface area contributed by atoms with Gasteiger partial charge >= 0.3 is 13.8 Å². The van der Waals surface area contributed by atoms with Crippen molar-refractivity contribution in [3.8, 4) is 0 Å². The van der Waals surface area contributed by atoms with Gasteiger partial charge in [-0.3, -0.25) is 13.8 Å². The van der Waals surface area contributed by atoms with Crippen LogP contribution in [0.2, 0.25) is 10.0 Å². The van der Waals surface area contributed by atoms with Gasteiger partial charge in [0.1, 0.15) is 6.54 Å². The molecular weight excluding hydrogens is 366 g/mol. The van der Waals surface area contributed by atoms with Crippen LogP contribution in [0.1, 0.15) is 13.8 Å². The molecule has 23 heavy (non-hydrogen) atoms. The summed E-state index contributed by atoms with van der Waals surface area (Å²) in [6.45, 7) is 2.95. The fourth-order valence-electron chi connectivity index (χ4n) is 2.11. The zero-order chi connectivity index (χ0) is 17.2. The number of nitrogens with zero attached hydrogens (tertiary/aromatic N) is 2. The maximum absolute atomic E-state index is 12.7. The normalized spacial score (nSPS) is 15.7. The summed E-state index contributed by atoms with van der Waals surface area (Å²) < 4.78 is 23.7. The van der Waals surface area contributed by atoms with Crippen molar-refractivity contribution in [1.82, 2.24) is 4.67 Å². The summed E-state index contributed by atoms with van der Waals surface area (Å²) in [5.74, 6) is -0.576. The molecule has 0 spiro atoms. The summed E-state index contributed by atoms with van der Waals surface area (Å²) in [6, 6.07) is 3.50. The molecular formula is C13H15Cl2N2O5P. The third-order valence-electron chi connectivity index (χ3n) is 2.93. The van der Waals surface area contributed by atoms with Crippen LogP contribution < -0.4 is 4.90 Å². The Morgan fingerprint density at radius 3 is 2.09 bits per heavy atom. The van der Waals surface area contributed by atoms with Crippen molar-refractivity contribution in [2.24, 2.45) is 0 Å². The van der Waals surface area contributed by atoms with E-state index in [9.17, 15) is 14.2 Å². The second-order valence-electron chi connectivity index (χ2n) is 4.50. The highest BCUT2D eigenvalue weighted by Gasteiger charge is 2.48. The van der Waals surface area contributed by atoms with Gasteiger partial charge in [0.15, 0.2) is 0 Å². The second-order valence-corrected chi connectivity index (χ2v) is 7.31. The Morgan fingerprint density at radius 2 is 1.61 bits per heavy atom. The van der Waals surface area contributed by atoms with Crippen LogP contribution >= 0.6 is 30.9 Å². The minimum Gasteiger partial charge on any atom is -0.292 e. The summed E-state index contributed by atoms with van der Waals surface area (Å²) in [5, 5.41) is 0.536. The van der Waals surface area contributed by atoms with Crippen LogP contribution in [0.5, 0.6) is 0 Å². The standard InChI is InChI=1S/C13H15Cl2N2O5P/c1-3-21-23(20,22-4-2)16-8-12(18)17(13(16)19)11-6-9(14)5-10(15)7-11/h5-7H,3-4,8H2,1-2H3. The molecule has 3 amide bonds. The fourth-order valence-corrected chi connectivity index (χ4v) is 4.22. The Bertz CT molecular complexity index is 654. The van der Waals surface area contributed by atoms with Crippen LogP contribution in [-0.2, 0) is 18.4 Å². The number of hydrogen-bond acceptors (Lipinski definition) is 5. The zero-order valence-corrected chi connectivity index (χ0v) is 14.9. The van der Waals surface area contributed by atoms with E-state index < -0.39 is 26.2 Å². The molecule has 0 aliphatic carbocycles. The van der Waals surface area contributed by atoms with E-state index in [0.29, 0.717) is 0 Å². The average Bonchev–Trinajstić information content (AvgIpc) is 2.74. The van der Waals surface area contributed by atoms with Gasteiger partial charge in [0.2, 0.25) is 0 Å². The molecule has 0 saturated carbocycles. The Morgan fingerprint density at radius 1 is 1.09 bits per heavy atom. The average molecular weight is 381 g/mol. The van der Waals surface area contributed by atoms with E-state index in [-0.39, 0.29) is 28.9 Å². The molecule has 0 atom stereocenters. The molecule has 2 rings (SSSR count). The van der Waals surface area contributed by atoms with E-state index in [1.54, 1.807) is 13.8 Å². The van der Waals surface area contributed by atoms with E-state index in [1.807, 2.05) is 0 Å². The first-order valence-corrected chi connectivity index (χ1v) is 9.07. The van der Waals surface area contributed by atoms with Gasteiger partial charge in [0.05, 0.1) is 18.9 Å². The molecule has 1 heterocycles. The van der Waals surface area contributed by atoms with Crippen LogP contribution in [0.4, 0.5) is 10.5 Å². The number of amides is 3. The second kappa shape index (κ2) is 7.20. The molecule has 0 aromatic heterocycles. The SMILES string of the molecule is CCOP(=O)(OCC)N1CC(=O)N(c2cc(Cl)cc(Cl)c2)C1=O. The molecule has 1 aliphatic heterocycles. The summed E-state index contributed by atoms with van der Waals surface area (Å²) in [5.41, 5.74) is 0.194. The summed E-state index contributed by atoms with van der Waals surface area (Å²) in [7, 11) is -3.89. The number of anilines is 1. The number of carbonyl (C=O) groups excluding carboxylic acids is 2. The lowest BCUT2D eigenvalue weighted by Gasteiger charge is -2.25. The van der Waals surface area contributed by atoms with E-state index in [4.69, 9.17) is 32.2 Å².